The molecule has 0 saturated carbocycles. The van der Waals surface area contributed by atoms with Crippen LogP contribution in [0.4, 0.5) is 5.69 Å². The van der Waals surface area contributed by atoms with Crippen LogP contribution in [-0.4, -0.2) is 35.9 Å². The first-order valence-corrected chi connectivity index (χ1v) is 10.6. The number of para-hydroxylation sites is 1. The molecule has 1 atom stereocenters. The first-order chi connectivity index (χ1) is 14.1. The highest BCUT2D eigenvalue weighted by molar-refractivity contribution is 6.04. The number of hydrogen-bond donors (Lipinski definition) is 1. The van der Waals surface area contributed by atoms with E-state index < -0.39 is 6.10 Å². The normalized spacial score (nSPS) is 14.9. The first kappa shape index (κ1) is 20.9. The van der Waals surface area contributed by atoms with E-state index in [1.165, 1.54) is 5.56 Å². The largest absolute Gasteiger partial charge is 0.481 e. The van der Waals surface area contributed by atoms with E-state index in [0.29, 0.717) is 23.4 Å². The molecule has 1 aliphatic heterocycles. The molecule has 0 aromatic heterocycles. The second-order valence-corrected chi connectivity index (χ2v) is 7.40. The number of carbonyl (C=O) groups excluding carboxylic acids is 2. The van der Waals surface area contributed by atoms with Crippen molar-refractivity contribution in [3.63, 3.8) is 0 Å². The number of piperidine rings is 1. The van der Waals surface area contributed by atoms with Gasteiger partial charge in [-0.3, -0.25) is 9.59 Å². The van der Waals surface area contributed by atoms with Gasteiger partial charge in [-0.25, -0.2) is 0 Å². The van der Waals surface area contributed by atoms with Gasteiger partial charge in [-0.15, -0.1) is 0 Å². The topological polar surface area (TPSA) is 58.6 Å². The van der Waals surface area contributed by atoms with E-state index in [1.807, 2.05) is 48.2 Å². The van der Waals surface area contributed by atoms with Crippen LogP contribution < -0.4 is 10.1 Å². The Hall–Kier alpha value is -2.82. The van der Waals surface area contributed by atoms with Gasteiger partial charge in [0.2, 0.25) is 0 Å². The number of nitrogens with one attached hydrogen (secondary N) is 1. The van der Waals surface area contributed by atoms with Gasteiger partial charge in [0.25, 0.3) is 11.8 Å². The lowest BCUT2D eigenvalue weighted by atomic mass is 10.1. The predicted molar refractivity (Wildman–Crippen MR) is 115 cm³/mol. The number of benzene rings is 2. The van der Waals surface area contributed by atoms with Gasteiger partial charge in [0.1, 0.15) is 5.75 Å². The lowest BCUT2D eigenvalue weighted by Crippen LogP contribution is -2.37. The minimum atomic E-state index is -0.624. The summed E-state index contributed by atoms with van der Waals surface area (Å²) in [5.41, 5.74) is 2.29. The molecule has 3 rings (SSSR count). The van der Waals surface area contributed by atoms with Crippen molar-refractivity contribution < 1.29 is 14.3 Å². The van der Waals surface area contributed by atoms with Crippen LogP contribution in [0.2, 0.25) is 0 Å². The molecule has 2 aromatic rings. The smallest absolute Gasteiger partial charge is 0.265 e. The summed E-state index contributed by atoms with van der Waals surface area (Å²) in [5, 5.41) is 2.91. The summed E-state index contributed by atoms with van der Waals surface area (Å²) < 4.78 is 5.91. The minimum absolute atomic E-state index is 0.0234. The minimum Gasteiger partial charge on any atom is -0.481 e. The fraction of sp³-hybridized carbons (Fsp3) is 0.417. The van der Waals surface area contributed by atoms with Gasteiger partial charge in [0, 0.05) is 13.1 Å². The van der Waals surface area contributed by atoms with Crippen LogP contribution in [0, 0.1) is 0 Å². The number of likely N-dealkylation sites (tertiary alicyclic amines) is 1. The Morgan fingerprint density at radius 1 is 1.00 bits per heavy atom. The molecule has 0 radical (unpaired) electrons. The summed E-state index contributed by atoms with van der Waals surface area (Å²) in [4.78, 5) is 27.7. The van der Waals surface area contributed by atoms with Crippen molar-refractivity contribution in [3.05, 3.63) is 59.7 Å². The molecular weight excluding hydrogens is 364 g/mol. The van der Waals surface area contributed by atoms with Gasteiger partial charge in [-0.1, -0.05) is 38.1 Å². The Bertz CT molecular complexity index is 826. The fourth-order valence-electron chi connectivity index (χ4n) is 3.55. The summed E-state index contributed by atoms with van der Waals surface area (Å²) in [5.74, 6) is 0.401. The Morgan fingerprint density at radius 3 is 2.34 bits per heavy atom. The van der Waals surface area contributed by atoms with E-state index >= 15 is 0 Å². The van der Waals surface area contributed by atoms with E-state index in [1.54, 1.807) is 12.1 Å². The van der Waals surface area contributed by atoms with Crippen molar-refractivity contribution in [2.75, 3.05) is 18.4 Å². The standard InChI is InChI=1S/C24H30N2O3/c1-3-18-12-14-19(15-13-18)29-22(4-2)23(27)25-21-11-7-6-10-20(21)24(28)26-16-8-5-9-17-26/h6-7,10-15,22H,3-5,8-9,16-17H2,1-2H3,(H,25,27)/t22-/m0/s1. The Balaban J connectivity index is 1.70. The van der Waals surface area contributed by atoms with Gasteiger partial charge < -0.3 is 15.0 Å². The molecule has 2 aromatic carbocycles. The summed E-state index contributed by atoms with van der Waals surface area (Å²) in [6.45, 7) is 5.56. The zero-order valence-electron chi connectivity index (χ0n) is 17.3. The zero-order valence-corrected chi connectivity index (χ0v) is 17.3. The van der Waals surface area contributed by atoms with Crippen molar-refractivity contribution in [2.45, 2.75) is 52.1 Å². The van der Waals surface area contributed by atoms with Gasteiger partial charge in [-0.05, 0) is 61.9 Å². The zero-order chi connectivity index (χ0) is 20.6. The van der Waals surface area contributed by atoms with Crippen LogP contribution in [0.25, 0.3) is 0 Å². The molecule has 0 spiro atoms. The summed E-state index contributed by atoms with van der Waals surface area (Å²) in [7, 11) is 0. The van der Waals surface area contributed by atoms with Crippen LogP contribution in [0.15, 0.2) is 48.5 Å². The summed E-state index contributed by atoms with van der Waals surface area (Å²) in [6, 6.07) is 15.0. The average molecular weight is 395 g/mol. The number of amides is 2. The molecular formula is C24H30N2O3. The molecule has 5 nitrogen and oxygen atoms in total. The van der Waals surface area contributed by atoms with Crippen LogP contribution in [0.1, 0.15) is 55.5 Å². The molecule has 1 N–H and O–H groups in total. The number of anilines is 1. The quantitative estimate of drug-likeness (QED) is 0.742. The average Bonchev–Trinajstić information content (AvgIpc) is 2.78. The number of hydrogen-bond acceptors (Lipinski definition) is 3. The molecule has 1 heterocycles. The maximum Gasteiger partial charge on any atom is 0.265 e. The highest BCUT2D eigenvalue weighted by atomic mass is 16.5. The van der Waals surface area contributed by atoms with E-state index in [0.717, 1.165) is 38.8 Å². The fourth-order valence-corrected chi connectivity index (χ4v) is 3.55. The van der Waals surface area contributed by atoms with Crippen molar-refractivity contribution in [1.29, 1.82) is 0 Å². The van der Waals surface area contributed by atoms with E-state index in [-0.39, 0.29) is 11.8 Å². The predicted octanol–water partition coefficient (Wildman–Crippen LogP) is 4.67. The number of rotatable bonds is 7. The van der Waals surface area contributed by atoms with Crippen LogP contribution in [-0.2, 0) is 11.2 Å². The number of aryl methyl sites for hydroxylation is 1. The monoisotopic (exact) mass is 394 g/mol. The second kappa shape index (κ2) is 10.1. The Morgan fingerprint density at radius 2 is 1.69 bits per heavy atom. The highest BCUT2D eigenvalue weighted by Crippen LogP contribution is 2.21. The molecule has 154 valence electrons. The van der Waals surface area contributed by atoms with E-state index in [9.17, 15) is 9.59 Å². The Labute approximate surface area is 173 Å². The van der Waals surface area contributed by atoms with Gasteiger partial charge in [0.05, 0.1) is 11.3 Å². The van der Waals surface area contributed by atoms with Crippen molar-refractivity contribution in [1.82, 2.24) is 4.90 Å². The van der Waals surface area contributed by atoms with E-state index in [2.05, 4.69) is 12.2 Å². The third-order valence-corrected chi connectivity index (χ3v) is 5.33. The summed E-state index contributed by atoms with van der Waals surface area (Å²) >= 11 is 0. The van der Waals surface area contributed by atoms with Crippen molar-refractivity contribution in [3.8, 4) is 5.75 Å². The first-order valence-electron chi connectivity index (χ1n) is 10.6. The third kappa shape index (κ3) is 5.37. The lowest BCUT2D eigenvalue weighted by molar-refractivity contribution is -0.122. The number of nitrogens with zero attached hydrogens (tertiary/aromatic N) is 1. The number of ether oxygens (including phenoxy) is 1. The maximum absolute atomic E-state index is 12.9. The molecule has 0 aliphatic carbocycles. The van der Waals surface area contributed by atoms with Gasteiger partial charge in [0.15, 0.2) is 6.10 Å². The van der Waals surface area contributed by atoms with E-state index in [4.69, 9.17) is 4.74 Å². The maximum atomic E-state index is 12.9. The summed E-state index contributed by atoms with van der Waals surface area (Å²) in [6.07, 6.45) is 4.09. The van der Waals surface area contributed by atoms with Crippen LogP contribution in [0.3, 0.4) is 0 Å². The molecule has 0 bridgehead atoms. The van der Waals surface area contributed by atoms with Crippen molar-refractivity contribution >= 4 is 17.5 Å². The Kier molecular flexibility index (Phi) is 7.28. The lowest BCUT2D eigenvalue weighted by Gasteiger charge is -2.27. The molecule has 1 aliphatic rings. The van der Waals surface area contributed by atoms with Crippen LogP contribution in [0.5, 0.6) is 5.75 Å². The molecule has 1 fully saturated rings. The van der Waals surface area contributed by atoms with Crippen molar-refractivity contribution in [2.24, 2.45) is 0 Å². The second-order valence-electron chi connectivity index (χ2n) is 7.40. The van der Waals surface area contributed by atoms with Gasteiger partial charge in [-0.2, -0.15) is 0 Å². The number of carbonyl (C=O) groups is 2. The molecule has 2 amide bonds. The molecule has 29 heavy (non-hydrogen) atoms. The highest BCUT2D eigenvalue weighted by Gasteiger charge is 2.24. The van der Waals surface area contributed by atoms with Gasteiger partial charge >= 0.3 is 0 Å². The third-order valence-electron chi connectivity index (χ3n) is 5.33. The molecule has 0 unspecified atom stereocenters. The van der Waals surface area contributed by atoms with Crippen LogP contribution >= 0.6 is 0 Å². The SMILES string of the molecule is CCc1ccc(O[C@@H](CC)C(=O)Nc2ccccc2C(=O)N2CCCCC2)cc1. The molecule has 5 heteroatoms. The molecule has 1 saturated heterocycles.